The molecule has 0 saturated heterocycles. The van der Waals surface area contributed by atoms with Gasteiger partial charge in [0.1, 0.15) is 0 Å². The van der Waals surface area contributed by atoms with Gasteiger partial charge in [0, 0.05) is 5.57 Å². The van der Waals surface area contributed by atoms with Crippen LogP contribution in [-0.2, 0) is 19.1 Å². The number of unbranched alkanes of at least 4 members (excludes halogenated alkanes) is 1. The molecule has 0 N–H and O–H groups in total. The van der Waals surface area contributed by atoms with Crippen molar-refractivity contribution in [2.45, 2.75) is 26.7 Å². The van der Waals surface area contributed by atoms with Gasteiger partial charge in [0.25, 0.3) is 0 Å². The zero-order valence-electron chi connectivity index (χ0n) is 9.17. The number of carbonyl (C=O) groups is 2. The van der Waals surface area contributed by atoms with Crippen LogP contribution in [0, 0.1) is 0 Å². The predicted octanol–water partition coefficient (Wildman–Crippen LogP) is 1.96. The van der Waals surface area contributed by atoms with Crippen LogP contribution < -0.4 is 0 Å². The Kier molecular flexibility index (Phi) is 6.09. The van der Waals surface area contributed by atoms with Crippen LogP contribution in [0.4, 0.5) is 0 Å². The maximum absolute atomic E-state index is 11.1. The van der Waals surface area contributed by atoms with E-state index < -0.39 is 11.9 Å². The van der Waals surface area contributed by atoms with Gasteiger partial charge >= 0.3 is 11.9 Å². The van der Waals surface area contributed by atoms with Gasteiger partial charge in [-0.3, -0.25) is 0 Å². The highest BCUT2D eigenvalue weighted by Gasteiger charge is 2.14. The van der Waals surface area contributed by atoms with Gasteiger partial charge in [0.05, 0.1) is 6.61 Å². The average molecular weight is 212 g/mol. The van der Waals surface area contributed by atoms with Crippen molar-refractivity contribution in [3.63, 3.8) is 0 Å². The zero-order valence-corrected chi connectivity index (χ0v) is 9.17. The molecule has 0 aromatic heterocycles. The predicted molar refractivity (Wildman–Crippen MR) is 55.9 cm³/mol. The molecule has 0 aliphatic heterocycles. The smallest absolute Gasteiger partial charge is 0.373 e. The molecule has 0 atom stereocenters. The maximum Gasteiger partial charge on any atom is 0.373 e. The largest absolute Gasteiger partial charge is 0.460 e. The summed E-state index contributed by atoms with van der Waals surface area (Å²) < 4.78 is 9.38. The van der Waals surface area contributed by atoms with E-state index in [2.05, 4.69) is 17.9 Å². The fourth-order valence-corrected chi connectivity index (χ4v) is 0.630. The highest BCUT2D eigenvalue weighted by Crippen LogP contribution is 2.03. The van der Waals surface area contributed by atoms with E-state index in [9.17, 15) is 9.59 Å². The lowest BCUT2D eigenvalue weighted by Gasteiger charge is -2.06. The van der Waals surface area contributed by atoms with Crippen LogP contribution in [-0.4, -0.2) is 18.5 Å². The molecular formula is C11H16O4. The Hall–Kier alpha value is -1.58. The highest BCUT2D eigenvalue weighted by atomic mass is 16.6. The fraction of sp³-hybridized carbons (Fsp3) is 0.455. The van der Waals surface area contributed by atoms with E-state index >= 15 is 0 Å². The molecule has 0 aromatic carbocycles. The Morgan fingerprint density at radius 2 is 1.80 bits per heavy atom. The summed E-state index contributed by atoms with van der Waals surface area (Å²) in [5.41, 5.74) is 0.206. The number of hydrogen-bond acceptors (Lipinski definition) is 4. The minimum absolute atomic E-state index is 0.206. The van der Waals surface area contributed by atoms with Crippen molar-refractivity contribution in [3.05, 3.63) is 24.5 Å². The first kappa shape index (κ1) is 13.4. The molecule has 4 heteroatoms. The van der Waals surface area contributed by atoms with Crippen LogP contribution in [0.2, 0.25) is 0 Å². The van der Waals surface area contributed by atoms with Crippen LogP contribution in [0.25, 0.3) is 0 Å². The summed E-state index contributed by atoms with van der Waals surface area (Å²) in [5.74, 6) is -1.69. The second kappa shape index (κ2) is 6.81. The van der Waals surface area contributed by atoms with E-state index in [1.54, 1.807) is 0 Å². The lowest BCUT2D eigenvalue weighted by molar-refractivity contribution is -0.149. The van der Waals surface area contributed by atoms with Crippen molar-refractivity contribution < 1.29 is 19.1 Å². The molecule has 0 fully saturated rings. The van der Waals surface area contributed by atoms with Crippen LogP contribution in [0.15, 0.2) is 24.5 Å². The number of hydrogen-bond donors (Lipinski definition) is 0. The molecule has 0 saturated carbocycles. The van der Waals surface area contributed by atoms with Crippen LogP contribution in [0.3, 0.4) is 0 Å². The summed E-state index contributed by atoms with van der Waals surface area (Å²) in [4.78, 5) is 22.1. The Bertz CT molecular complexity index is 278. The molecular weight excluding hydrogens is 196 g/mol. The molecule has 15 heavy (non-hydrogen) atoms. The molecule has 0 bridgehead atoms. The minimum Gasteiger partial charge on any atom is -0.460 e. The van der Waals surface area contributed by atoms with E-state index in [0.717, 1.165) is 12.8 Å². The van der Waals surface area contributed by atoms with Gasteiger partial charge in [-0.25, -0.2) is 9.59 Å². The molecule has 0 aliphatic carbocycles. The standard InChI is InChI=1S/C11H16O4/c1-5-6-7-14-11(13)9(4)15-10(12)8(2)3/h2,4-7H2,1,3H3. The van der Waals surface area contributed by atoms with Crippen molar-refractivity contribution >= 4 is 11.9 Å². The summed E-state index contributed by atoms with van der Waals surface area (Å²) >= 11 is 0. The lowest BCUT2D eigenvalue weighted by Crippen LogP contribution is -2.14. The van der Waals surface area contributed by atoms with Gasteiger partial charge in [0.15, 0.2) is 0 Å². The topological polar surface area (TPSA) is 52.6 Å². The first-order valence-corrected chi connectivity index (χ1v) is 4.72. The molecule has 0 aliphatic rings. The molecule has 0 aromatic rings. The van der Waals surface area contributed by atoms with Crippen molar-refractivity contribution in [1.82, 2.24) is 0 Å². The van der Waals surface area contributed by atoms with Crippen LogP contribution >= 0.6 is 0 Å². The fourth-order valence-electron chi connectivity index (χ4n) is 0.630. The van der Waals surface area contributed by atoms with E-state index in [4.69, 9.17) is 4.74 Å². The van der Waals surface area contributed by atoms with E-state index in [1.807, 2.05) is 6.92 Å². The molecule has 0 amide bonds. The van der Waals surface area contributed by atoms with Gasteiger partial charge in [0.2, 0.25) is 5.76 Å². The Morgan fingerprint density at radius 1 is 1.20 bits per heavy atom. The zero-order chi connectivity index (χ0) is 11.8. The van der Waals surface area contributed by atoms with Gasteiger partial charge in [-0.05, 0) is 19.9 Å². The number of carbonyl (C=O) groups excluding carboxylic acids is 2. The minimum atomic E-state index is -0.710. The quantitative estimate of drug-likeness (QED) is 0.292. The maximum atomic E-state index is 11.1. The normalized spacial score (nSPS) is 9.20. The summed E-state index contributed by atoms with van der Waals surface area (Å²) in [6.07, 6.45) is 1.69. The highest BCUT2D eigenvalue weighted by molar-refractivity contribution is 5.93. The van der Waals surface area contributed by atoms with Gasteiger partial charge in [-0.15, -0.1) is 0 Å². The van der Waals surface area contributed by atoms with Gasteiger partial charge in [-0.1, -0.05) is 19.9 Å². The molecule has 0 spiro atoms. The Morgan fingerprint density at radius 3 is 2.27 bits per heavy atom. The molecule has 0 radical (unpaired) electrons. The summed E-state index contributed by atoms with van der Waals surface area (Å²) in [6, 6.07) is 0. The molecule has 0 rings (SSSR count). The molecule has 84 valence electrons. The summed E-state index contributed by atoms with van der Waals surface area (Å²) in [5, 5.41) is 0. The second-order valence-corrected chi connectivity index (χ2v) is 3.08. The van der Waals surface area contributed by atoms with Crippen LogP contribution in [0.5, 0.6) is 0 Å². The van der Waals surface area contributed by atoms with Crippen molar-refractivity contribution in [3.8, 4) is 0 Å². The van der Waals surface area contributed by atoms with E-state index in [1.165, 1.54) is 6.92 Å². The van der Waals surface area contributed by atoms with E-state index in [0.29, 0.717) is 6.61 Å². The molecule has 0 heterocycles. The average Bonchev–Trinajstić information content (AvgIpc) is 2.17. The Balaban J connectivity index is 3.94. The number of esters is 2. The number of rotatable bonds is 6. The SMILES string of the molecule is C=C(C)C(=O)OC(=C)C(=O)OCCCC. The monoisotopic (exact) mass is 212 g/mol. The molecule has 4 nitrogen and oxygen atoms in total. The van der Waals surface area contributed by atoms with Crippen molar-refractivity contribution in [2.75, 3.05) is 6.61 Å². The van der Waals surface area contributed by atoms with Gasteiger partial charge < -0.3 is 9.47 Å². The first-order valence-electron chi connectivity index (χ1n) is 4.72. The van der Waals surface area contributed by atoms with Crippen molar-refractivity contribution in [2.24, 2.45) is 0 Å². The lowest BCUT2D eigenvalue weighted by atomic mass is 10.3. The third-order valence-corrected chi connectivity index (χ3v) is 1.52. The second-order valence-electron chi connectivity index (χ2n) is 3.08. The third kappa shape index (κ3) is 5.67. The first-order chi connectivity index (χ1) is 6.99. The van der Waals surface area contributed by atoms with E-state index in [-0.39, 0.29) is 11.3 Å². The van der Waals surface area contributed by atoms with Crippen LogP contribution in [0.1, 0.15) is 26.7 Å². The molecule has 0 unspecified atom stereocenters. The van der Waals surface area contributed by atoms with Gasteiger partial charge in [-0.2, -0.15) is 0 Å². The summed E-state index contributed by atoms with van der Waals surface area (Å²) in [6.45, 7) is 10.4. The third-order valence-electron chi connectivity index (χ3n) is 1.52. The van der Waals surface area contributed by atoms with Crippen molar-refractivity contribution in [1.29, 1.82) is 0 Å². The number of ether oxygens (including phenoxy) is 2. The summed E-state index contributed by atoms with van der Waals surface area (Å²) in [7, 11) is 0. The Labute approximate surface area is 89.6 Å².